The maximum Gasteiger partial charge on any atom is 0.493 e. The minimum absolute atomic E-state index is 0.0322. The van der Waals surface area contributed by atoms with E-state index >= 15 is 8.78 Å². The molecule has 3 amide bonds. The lowest BCUT2D eigenvalue weighted by Gasteiger charge is -2.31. The lowest BCUT2D eigenvalue weighted by atomic mass is 9.97. The number of pyridine rings is 1. The molecule has 1 aliphatic rings. The van der Waals surface area contributed by atoms with Crippen LogP contribution < -0.4 is 15.5 Å². The van der Waals surface area contributed by atoms with Gasteiger partial charge in [0.15, 0.2) is 5.82 Å². The largest absolute Gasteiger partial charge is 0.493 e. The molecule has 0 atom stereocenters. The molecule has 0 saturated carbocycles. The zero-order valence-corrected chi connectivity index (χ0v) is 25.7. The van der Waals surface area contributed by atoms with E-state index in [1.165, 1.54) is 32.0 Å². The normalized spacial score (nSPS) is 12.8. The van der Waals surface area contributed by atoms with Crippen LogP contribution in [0.5, 0.6) is 0 Å². The molecule has 2 N–H and O–H groups in total. The Labute approximate surface area is 270 Å². The van der Waals surface area contributed by atoms with Crippen molar-refractivity contribution in [2.75, 3.05) is 16.8 Å². The van der Waals surface area contributed by atoms with E-state index in [4.69, 9.17) is 0 Å². The molecule has 0 fully saturated rings. The van der Waals surface area contributed by atoms with E-state index in [0.717, 1.165) is 28.8 Å². The third-order valence-electron chi connectivity index (χ3n) is 7.19. The second-order valence-electron chi connectivity index (χ2n) is 10.9. The minimum atomic E-state index is -5.35. The number of nitrogens with one attached hydrogen (secondary N) is 2. The minimum Gasteiger partial charge on any atom is -0.354 e. The van der Waals surface area contributed by atoms with Crippen molar-refractivity contribution in [3.05, 3.63) is 94.8 Å². The number of amides is 3. The van der Waals surface area contributed by atoms with E-state index in [2.05, 4.69) is 30.4 Å². The van der Waals surface area contributed by atoms with Crippen molar-refractivity contribution in [1.82, 2.24) is 25.3 Å². The lowest BCUT2D eigenvalue weighted by molar-refractivity contribution is -0.232. The Morgan fingerprint density at radius 1 is 1.06 bits per heavy atom. The van der Waals surface area contributed by atoms with E-state index in [-0.39, 0.29) is 47.2 Å². The highest BCUT2D eigenvalue weighted by Crippen LogP contribution is 2.39. The Balaban J connectivity index is 1.62. The summed E-state index contributed by atoms with van der Waals surface area (Å²) in [5.41, 5.74) is 1.11. The number of fused-ring (bicyclic) bond motifs is 1. The van der Waals surface area contributed by atoms with Gasteiger partial charge in [0.25, 0.3) is 5.91 Å². The van der Waals surface area contributed by atoms with Crippen LogP contribution in [0, 0.1) is 18.6 Å². The van der Waals surface area contributed by atoms with Crippen molar-refractivity contribution in [2.24, 2.45) is 0 Å². The molecule has 2 aromatic carbocycles. The molecular weight excluding hydrogens is 641 g/mol. The van der Waals surface area contributed by atoms with Gasteiger partial charge < -0.3 is 15.5 Å². The van der Waals surface area contributed by atoms with Crippen LogP contribution in [0.15, 0.2) is 60.8 Å². The van der Waals surface area contributed by atoms with Crippen molar-refractivity contribution < 1.29 is 41.2 Å². The number of benzene rings is 2. The summed E-state index contributed by atoms with van der Waals surface area (Å²) in [6.07, 6.45) is -3.28. The summed E-state index contributed by atoms with van der Waals surface area (Å²) in [7, 11) is 0. The van der Waals surface area contributed by atoms with Crippen LogP contribution in [-0.2, 0) is 22.6 Å². The first-order valence-electron chi connectivity index (χ1n) is 14.6. The topological polar surface area (TPSA) is 130 Å². The number of hydroxylamine groups is 2. The van der Waals surface area contributed by atoms with Crippen LogP contribution in [0.4, 0.5) is 44.2 Å². The predicted octanol–water partition coefficient (Wildman–Crippen LogP) is 6.01. The van der Waals surface area contributed by atoms with E-state index in [0.29, 0.717) is 17.0 Å². The van der Waals surface area contributed by atoms with Gasteiger partial charge in [0.05, 0.1) is 18.3 Å². The molecule has 4 aromatic rings. The summed E-state index contributed by atoms with van der Waals surface area (Å²) in [6, 6.07) is 10.8. The van der Waals surface area contributed by atoms with Crippen LogP contribution in [-0.4, -0.2) is 56.7 Å². The Hall–Kier alpha value is -5.67. The van der Waals surface area contributed by atoms with Crippen molar-refractivity contribution in [1.29, 1.82) is 0 Å². The smallest absolute Gasteiger partial charge is 0.354 e. The van der Waals surface area contributed by atoms with E-state index < -0.39 is 47.4 Å². The molecule has 0 radical (unpaired) electrons. The maximum atomic E-state index is 15.1. The molecule has 0 saturated heterocycles. The first kappa shape index (κ1) is 33.7. The average Bonchev–Trinajstić information content (AvgIpc) is 3.04. The average molecular weight is 670 g/mol. The van der Waals surface area contributed by atoms with Crippen molar-refractivity contribution in [2.45, 2.75) is 46.0 Å². The maximum absolute atomic E-state index is 15.1. The molecule has 48 heavy (non-hydrogen) atoms. The van der Waals surface area contributed by atoms with Crippen LogP contribution >= 0.6 is 0 Å². The van der Waals surface area contributed by atoms with Gasteiger partial charge in [0.2, 0.25) is 5.95 Å². The highest BCUT2D eigenvalue weighted by atomic mass is 19.4. The van der Waals surface area contributed by atoms with Crippen molar-refractivity contribution >= 4 is 35.4 Å². The molecule has 5 rings (SSSR count). The van der Waals surface area contributed by atoms with Crippen LogP contribution in [0.1, 0.15) is 41.0 Å². The Morgan fingerprint density at radius 3 is 2.44 bits per heavy atom. The van der Waals surface area contributed by atoms with Crippen LogP contribution in [0.2, 0.25) is 0 Å². The van der Waals surface area contributed by atoms with Gasteiger partial charge in [0, 0.05) is 41.5 Å². The highest BCUT2D eigenvalue weighted by Gasteiger charge is 2.44. The summed E-state index contributed by atoms with van der Waals surface area (Å²) in [6.45, 7) is 4.48. The van der Waals surface area contributed by atoms with Crippen molar-refractivity contribution in [3.63, 3.8) is 0 Å². The number of carbonyl (C=O) groups is 3. The first-order valence-corrected chi connectivity index (χ1v) is 14.6. The fourth-order valence-electron chi connectivity index (χ4n) is 4.88. The zero-order chi connectivity index (χ0) is 34.7. The number of hydrogen-bond acceptors (Lipinski definition) is 8. The molecule has 0 aliphatic carbocycles. The molecular formula is C32H28F5N7O4. The fraction of sp³-hybridized carbons (Fsp3) is 0.250. The van der Waals surface area contributed by atoms with Crippen molar-refractivity contribution in [3.8, 4) is 11.3 Å². The number of alkyl halides is 3. The van der Waals surface area contributed by atoms with Gasteiger partial charge in [0.1, 0.15) is 17.3 Å². The summed E-state index contributed by atoms with van der Waals surface area (Å²) in [5.74, 6) is -5.87. The van der Waals surface area contributed by atoms with E-state index in [1.54, 1.807) is 19.2 Å². The molecule has 0 bridgehead atoms. The van der Waals surface area contributed by atoms with Gasteiger partial charge in [-0.25, -0.2) is 28.3 Å². The molecule has 250 valence electrons. The first-order chi connectivity index (χ1) is 22.8. The summed E-state index contributed by atoms with van der Waals surface area (Å²) >= 11 is 0. The number of para-hydroxylation sites is 1. The summed E-state index contributed by atoms with van der Waals surface area (Å²) in [5, 5.41) is 5.93. The zero-order valence-electron chi connectivity index (χ0n) is 25.7. The van der Waals surface area contributed by atoms with Gasteiger partial charge >= 0.3 is 18.2 Å². The van der Waals surface area contributed by atoms with Gasteiger partial charge in [-0.2, -0.15) is 23.2 Å². The predicted molar refractivity (Wildman–Crippen MR) is 163 cm³/mol. The Kier molecular flexibility index (Phi) is 9.54. The molecule has 11 nitrogen and oxygen atoms in total. The van der Waals surface area contributed by atoms with Gasteiger partial charge in [-0.3, -0.25) is 9.78 Å². The molecule has 1 aliphatic heterocycles. The number of halogens is 5. The second-order valence-corrected chi connectivity index (χ2v) is 10.9. The standard InChI is InChI=1S/C32H28F5N7O4/c1-17(2)44(48-29(46)32(35,36)37)28(45)19-11-10-18(3)21(15-19)25-22-16-40-31(47)43(26-23(33)8-6-9-24(26)34)27(22)42-30(41-25)39-14-12-20-7-4-5-13-38-20/h4-11,13,15,17H,12,14,16H2,1-3H3,(H,40,47)(H,39,41,42). The fourth-order valence-corrected chi connectivity index (χ4v) is 4.88. The third kappa shape index (κ3) is 7.01. The van der Waals surface area contributed by atoms with Crippen LogP contribution in [0.25, 0.3) is 11.3 Å². The lowest BCUT2D eigenvalue weighted by Crippen LogP contribution is -2.43. The SMILES string of the molecule is Cc1ccc(C(=O)N(OC(=O)C(F)(F)F)C(C)C)cc1-c1nc(NCCc2ccccn2)nc2c1CNC(=O)N2c1c(F)cccc1F. The quantitative estimate of drug-likeness (QED) is 0.172. The molecule has 0 spiro atoms. The highest BCUT2D eigenvalue weighted by molar-refractivity contribution is 6.02. The molecule has 0 unspecified atom stereocenters. The van der Waals surface area contributed by atoms with E-state index in [1.807, 2.05) is 12.1 Å². The molecule has 2 aromatic heterocycles. The number of anilines is 3. The second kappa shape index (κ2) is 13.6. The Morgan fingerprint density at radius 2 is 1.79 bits per heavy atom. The Bertz CT molecular complexity index is 1850. The van der Waals surface area contributed by atoms with Gasteiger partial charge in [-0.05, 0) is 62.7 Å². The number of nitrogens with zero attached hydrogens (tertiary/aromatic N) is 5. The molecule has 16 heteroatoms. The van der Waals surface area contributed by atoms with E-state index in [9.17, 15) is 27.6 Å². The number of urea groups is 1. The number of carbonyl (C=O) groups excluding carboxylic acids is 3. The van der Waals surface area contributed by atoms with Gasteiger partial charge in [-0.1, -0.05) is 18.2 Å². The molecule has 3 heterocycles. The number of aromatic nitrogens is 3. The summed E-state index contributed by atoms with van der Waals surface area (Å²) < 4.78 is 69.0. The van der Waals surface area contributed by atoms with Crippen LogP contribution in [0.3, 0.4) is 0 Å². The third-order valence-corrected chi connectivity index (χ3v) is 7.19. The number of rotatable bonds is 8. The summed E-state index contributed by atoms with van der Waals surface area (Å²) in [4.78, 5) is 56.7. The monoisotopic (exact) mass is 669 g/mol. The van der Waals surface area contributed by atoms with Gasteiger partial charge in [-0.15, -0.1) is 0 Å². The number of hydrogen-bond donors (Lipinski definition) is 2. The number of aryl methyl sites for hydroxylation is 1.